The van der Waals surface area contributed by atoms with Gasteiger partial charge in [-0.15, -0.1) is 0 Å². The second kappa shape index (κ2) is 6.46. The van der Waals surface area contributed by atoms with Crippen LogP contribution in [0.15, 0.2) is 34.7 Å². The van der Waals surface area contributed by atoms with E-state index in [1.54, 1.807) is 0 Å². The summed E-state index contributed by atoms with van der Waals surface area (Å²) >= 11 is 0. The lowest BCUT2D eigenvalue weighted by molar-refractivity contribution is 0.0277. The van der Waals surface area contributed by atoms with Gasteiger partial charge in [-0.2, -0.15) is 0 Å². The van der Waals surface area contributed by atoms with E-state index in [0.717, 1.165) is 30.0 Å². The van der Waals surface area contributed by atoms with E-state index in [0.29, 0.717) is 6.61 Å². The van der Waals surface area contributed by atoms with E-state index >= 15 is 0 Å². The Labute approximate surface area is 126 Å². The Bertz CT molecular complexity index is 603. The summed E-state index contributed by atoms with van der Waals surface area (Å²) in [5.74, 6) is 1.93. The van der Waals surface area contributed by atoms with Crippen LogP contribution < -0.4 is 5.32 Å². The standard InChI is InChI=1S/C18H23NO2/c1-13-15(10-16(21-13)11-19-2)12-20-18-9-5-7-14-6-3-4-8-17(14)18/h3-4,6,8,10,18-19H,5,7,9,11-12H2,1-2H3. The quantitative estimate of drug-likeness (QED) is 0.904. The van der Waals surface area contributed by atoms with Crippen molar-refractivity contribution < 1.29 is 9.15 Å². The first-order valence-corrected chi connectivity index (χ1v) is 7.70. The molecule has 112 valence electrons. The van der Waals surface area contributed by atoms with Crippen molar-refractivity contribution in [2.75, 3.05) is 7.05 Å². The molecular formula is C18H23NO2. The molecule has 2 aromatic rings. The summed E-state index contributed by atoms with van der Waals surface area (Å²) < 4.78 is 11.9. The zero-order chi connectivity index (χ0) is 14.7. The topological polar surface area (TPSA) is 34.4 Å². The van der Waals surface area contributed by atoms with Crippen LogP contribution in [0.25, 0.3) is 0 Å². The summed E-state index contributed by atoms with van der Waals surface area (Å²) in [7, 11) is 1.92. The zero-order valence-electron chi connectivity index (χ0n) is 12.8. The third-order valence-electron chi connectivity index (χ3n) is 4.18. The molecule has 3 nitrogen and oxygen atoms in total. The van der Waals surface area contributed by atoms with Gasteiger partial charge in [-0.1, -0.05) is 24.3 Å². The fraction of sp³-hybridized carbons (Fsp3) is 0.444. The van der Waals surface area contributed by atoms with E-state index in [-0.39, 0.29) is 6.10 Å². The highest BCUT2D eigenvalue weighted by molar-refractivity contribution is 5.31. The lowest BCUT2D eigenvalue weighted by Crippen LogP contribution is -2.12. The Morgan fingerprint density at radius 1 is 1.33 bits per heavy atom. The number of aryl methyl sites for hydroxylation is 2. The van der Waals surface area contributed by atoms with Crippen molar-refractivity contribution in [3.8, 4) is 0 Å². The monoisotopic (exact) mass is 285 g/mol. The maximum atomic E-state index is 6.19. The smallest absolute Gasteiger partial charge is 0.118 e. The molecule has 0 radical (unpaired) electrons. The number of furan rings is 1. The fourth-order valence-corrected chi connectivity index (χ4v) is 3.07. The van der Waals surface area contributed by atoms with Crippen molar-refractivity contribution in [3.63, 3.8) is 0 Å². The highest BCUT2D eigenvalue weighted by atomic mass is 16.5. The maximum Gasteiger partial charge on any atom is 0.118 e. The minimum Gasteiger partial charge on any atom is -0.465 e. The van der Waals surface area contributed by atoms with Gasteiger partial charge in [0.15, 0.2) is 0 Å². The first-order chi connectivity index (χ1) is 10.3. The lowest BCUT2D eigenvalue weighted by Gasteiger charge is -2.25. The first kappa shape index (κ1) is 14.4. The molecule has 0 spiro atoms. The molecule has 1 heterocycles. The molecule has 1 atom stereocenters. The number of hydrogen-bond acceptors (Lipinski definition) is 3. The van der Waals surface area contributed by atoms with Gasteiger partial charge in [-0.05, 0) is 50.4 Å². The summed E-state index contributed by atoms with van der Waals surface area (Å²) in [6.45, 7) is 3.39. The van der Waals surface area contributed by atoms with E-state index in [9.17, 15) is 0 Å². The van der Waals surface area contributed by atoms with Crippen LogP contribution in [0.1, 0.15) is 47.2 Å². The van der Waals surface area contributed by atoms with Crippen LogP contribution in [0, 0.1) is 6.92 Å². The van der Waals surface area contributed by atoms with Gasteiger partial charge in [0, 0.05) is 5.56 Å². The Morgan fingerprint density at radius 2 is 2.19 bits per heavy atom. The van der Waals surface area contributed by atoms with Crippen molar-refractivity contribution in [1.29, 1.82) is 0 Å². The van der Waals surface area contributed by atoms with Crippen LogP contribution in [-0.2, 0) is 24.3 Å². The number of hydrogen-bond donors (Lipinski definition) is 1. The summed E-state index contributed by atoms with van der Waals surface area (Å²) in [6.07, 6.45) is 3.71. The molecule has 1 aliphatic rings. The molecule has 1 aliphatic carbocycles. The largest absolute Gasteiger partial charge is 0.465 e. The van der Waals surface area contributed by atoms with Crippen molar-refractivity contribution in [2.45, 2.75) is 45.4 Å². The Balaban J connectivity index is 1.68. The molecule has 0 bridgehead atoms. The number of nitrogens with one attached hydrogen (secondary N) is 1. The van der Waals surface area contributed by atoms with Crippen LogP contribution in [0.5, 0.6) is 0 Å². The Kier molecular flexibility index (Phi) is 4.42. The molecule has 0 saturated heterocycles. The number of fused-ring (bicyclic) bond motifs is 1. The van der Waals surface area contributed by atoms with E-state index in [2.05, 4.69) is 35.6 Å². The maximum absolute atomic E-state index is 6.19. The number of ether oxygens (including phenoxy) is 1. The molecule has 1 N–H and O–H groups in total. The summed E-state index contributed by atoms with van der Waals surface area (Å²) in [5, 5.41) is 3.11. The van der Waals surface area contributed by atoms with Crippen molar-refractivity contribution in [3.05, 3.63) is 58.5 Å². The summed E-state index contributed by atoms with van der Waals surface area (Å²) in [4.78, 5) is 0. The van der Waals surface area contributed by atoms with Crippen LogP contribution >= 0.6 is 0 Å². The fourth-order valence-electron chi connectivity index (χ4n) is 3.07. The molecule has 1 unspecified atom stereocenters. The average Bonchev–Trinajstić information content (AvgIpc) is 2.85. The number of rotatable bonds is 5. The molecule has 0 aliphatic heterocycles. The lowest BCUT2D eigenvalue weighted by atomic mass is 9.89. The van der Waals surface area contributed by atoms with Gasteiger partial charge in [-0.3, -0.25) is 0 Å². The third kappa shape index (κ3) is 3.20. The van der Waals surface area contributed by atoms with Crippen molar-refractivity contribution in [1.82, 2.24) is 5.32 Å². The van der Waals surface area contributed by atoms with E-state index in [1.165, 1.54) is 24.0 Å². The normalized spacial score (nSPS) is 17.7. The van der Waals surface area contributed by atoms with Crippen molar-refractivity contribution >= 4 is 0 Å². The number of benzene rings is 1. The molecule has 3 heteroatoms. The molecule has 1 aromatic heterocycles. The van der Waals surface area contributed by atoms with Gasteiger partial charge in [0.2, 0.25) is 0 Å². The Hall–Kier alpha value is -1.58. The van der Waals surface area contributed by atoms with E-state index in [1.807, 2.05) is 14.0 Å². The summed E-state index contributed by atoms with van der Waals surface area (Å²) in [5.41, 5.74) is 3.96. The van der Waals surface area contributed by atoms with Gasteiger partial charge in [-0.25, -0.2) is 0 Å². The molecule has 3 rings (SSSR count). The third-order valence-corrected chi connectivity index (χ3v) is 4.18. The SMILES string of the molecule is CNCc1cc(COC2CCCc3ccccc32)c(C)o1. The predicted octanol–water partition coefficient (Wildman–Crippen LogP) is 3.90. The molecule has 21 heavy (non-hydrogen) atoms. The second-order valence-electron chi connectivity index (χ2n) is 5.72. The minimum absolute atomic E-state index is 0.219. The van der Waals surface area contributed by atoms with Gasteiger partial charge >= 0.3 is 0 Å². The van der Waals surface area contributed by atoms with Crippen LogP contribution in [-0.4, -0.2) is 7.05 Å². The highest BCUT2D eigenvalue weighted by Gasteiger charge is 2.20. The highest BCUT2D eigenvalue weighted by Crippen LogP contribution is 2.33. The molecule has 0 saturated carbocycles. The van der Waals surface area contributed by atoms with Crippen LogP contribution in [0.3, 0.4) is 0 Å². The molecule has 1 aromatic carbocycles. The van der Waals surface area contributed by atoms with Gasteiger partial charge in [0.05, 0.1) is 19.3 Å². The Morgan fingerprint density at radius 3 is 3.05 bits per heavy atom. The van der Waals surface area contributed by atoms with Gasteiger partial charge in [0.1, 0.15) is 11.5 Å². The average molecular weight is 285 g/mol. The van der Waals surface area contributed by atoms with Crippen molar-refractivity contribution in [2.24, 2.45) is 0 Å². The second-order valence-corrected chi connectivity index (χ2v) is 5.72. The van der Waals surface area contributed by atoms with Crippen LogP contribution in [0.4, 0.5) is 0 Å². The minimum atomic E-state index is 0.219. The molecule has 0 amide bonds. The summed E-state index contributed by atoms with van der Waals surface area (Å²) in [6, 6.07) is 10.7. The molecular weight excluding hydrogens is 262 g/mol. The van der Waals surface area contributed by atoms with E-state index < -0.39 is 0 Å². The van der Waals surface area contributed by atoms with Gasteiger partial charge < -0.3 is 14.5 Å². The zero-order valence-corrected chi connectivity index (χ0v) is 12.8. The first-order valence-electron chi connectivity index (χ1n) is 7.70. The predicted molar refractivity (Wildman–Crippen MR) is 83.1 cm³/mol. The van der Waals surface area contributed by atoms with Gasteiger partial charge in [0.25, 0.3) is 0 Å². The van der Waals surface area contributed by atoms with Crippen LogP contribution in [0.2, 0.25) is 0 Å². The molecule has 0 fully saturated rings. The van der Waals surface area contributed by atoms with E-state index in [4.69, 9.17) is 9.15 Å².